The Morgan fingerprint density at radius 2 is 2.10 bits per heavy atom. The summed E-state index contributed by atoms with van der Waals surface area (Å²) in [5.74, 6) is -0.250. The van der Waals surface area contributed by atoms with E-state index in [-0.39, 0.29) is 12.4 Å². The number of hydrogen-bond donors (Lipinski definition) is 1. The van der Waals surface area contributed by atoms with E-state index >= 15 is 0 Å². The van der Waals surface area contributed by atoms with Crippen molar-refractivity contribution < 1.29 is 19.5 Å². The molecule has 0 aliphatic heterocycles. The highest BCUT2D eigenvalue weighted by Gasteiger charge is 2.20. The van der Waals surface area contributed by atoms with Crippen LogP contribution in [-0.2, 0) is 16.0 Å². The molecule has 1 N–H and O–H groups in total. The molecular formula is C15H17BrNO3+. The van der Waals surface area contributed by atoms with Gasteiger partial charge in [-0.05, 0) is 47.0 Å². The maximum atomic E-state index is 11.7. The first-order chi connectivity index (χ1) is 9.45. The molecule has 0 saturated heterocycles. The first kappa shape index (κ1) is 14.8. The topological polar surface area (TPSA) is 50.4 Å². The van der Waals surface area contributed by atoms with Crippen LogP contribution in [0, 0.1) is 13.8 Å². The average Bonchev–Trinajstić information content (AvgIpc) is 2.40. The standard InChI is InChI=1S/C15H17BrNO3/c1-4-20-14(18)8-12-9(2)7-13-11(15(12)16)6-5-10(3)17(13)19/h5-7,19H,4,8H2,1-3H3/q+1. The van der Waals surface area contributed by atoms with Crippen LogP contribution in [0.2, 0.25) is 0 Å². The maximum Gasteiger partial charge on any atom is 0.310 e. The van der Waals surface area contributed by atoms with Crippen molar-refractivity contribution in [3.8, 4) is 0 Å². The van der Waals surface area contributed by atoms with Crippen molar-refractivity contribution in [3.63, 3.8) is 0 Å². The summed E-state index contributed by atoms with van der Waals surface area (Å²) in [5, 5.41) is 10.9. The van der Waals surface area contributed by atoms with Gasteiger partial charge in [-0.15, -0.1) is 0 Å². The number of carbonyl (C=O) groups is 1. The molecule has 0 aliphatic rings. The van der Waals surface area contributed by atoms with Gasteiger partial charge in [0.05, 0.1) is 18.4 Å². The van der Waals surface area contributed by atoms with Crippen LogP contribution < -0.4 is 4.73 Å². The van der Waals surface area contributed by atoms with E-state index in [0.717, 1.165) is 31.4 Å². The molecule has 5 heteroatoms. The molecule has 0 amide bonds. The Balaban J connectivity index is 2.58. The van der Waals surface area contributed by atoms with Gasteiger partial charge in [-0.25, -0.2) is 0 Å². The fourth-order valence-electron chi connectivity index (χ4n) is 2.19. The zero-order valence-electron chi connectivity index (χ0n) is 11.7. The molecular weight excluding hydrogens is 322 g/mol. The minimum Gasteiger partial charge on any atom is -0.466 e. The number of nitrogens with zero attached hydrogens (tertiary/aromatic N) is 1. The first-order valence-corrected chi connectivity index (χ1v) is 7.23. The number of aromatic nitrogens is 1. The molecule has 1 aromatic heterocycles. The Labute approximate surface area is 126 Å². The number of ether oxygens (including phenoxy) is 1. The largest absolute Gasteiger partial charge is 0.466 e. The fraction of sp³-hybridized carbons (Fsp3) is 0.333. The molecule has 106 valence electrons. The molecule has 0 radical (unpaired) electrons. The molecule has 20 heavy (non-hydrogen) atoms. The van der Waals surface area contributed by atoms with E-state index < -0.39 is 0 Å². The van der Waals surface area contributed by atoms with Gasteiger partial charge in [0.1, 0.15) is 0 Å². The van der Waals surface area contributed by atoms with Crippen molar-refractivity contribution in [3.05, 3.63) is 39.5 Å². The van der Waals surface area contributed by atoms with Gasteiger partial charge in [0.15, 0.2) is 0 Å². The summed E-state index contributed by atoms with van der Waals surface area (Å²) < 4.78 is 6.97. The molecule has 0 fully saturated rings. The van der Waals surface area contributed by atoms with Gasteiger partial charge in [0.2, 0.25) is 5.69 Å². The number of carbonyl (C=O) groups excluding carboxylic acids is 1. The van der Waals surface area contributed by atoms with Gasteiger partial charge in [-0.2, -0.15) is 0 Å². The summed E-state index contributed by atoms with van der Waals surface area (Å²) in [4.78, 5) is 11.7. The third kappa shape index (κ3) is 2.63. The van der Waals surface area contributed by atoms with Gasteiger partial charge in [-0.3, -0.25) is 10.0 Å². The predicted octanol–water partition coefficient (Wildman–Crippen LogP) is 2.85. The third-order valence-corrected chi connectivity index (χ3v) is 4.19. The Morgan fingerprint density at radius 3 is 2.75 bits per heavy atom. The summed E-state index contributed by atoms with van der Waals surface area (Å²) in [5.41, 5.74) is 3.29. The van der Waals surface area contributed by atoms with Crippen LogP contribution in [0.5, 0.6) is 0 Å². The summed E-state index contributed by atoms with van der Waals surface area (Å²) >= 11 is 3.54. The normalized spacial score (nSPS) is 10.8. The number of halogens is 1. The van der Waals surface area contributed by atoms with Crippen LogP contribution in [-0.4, -0.2) is 17.8 Å². The van der Waals surface area contributed by atoms with Crippen LogP contribution in [0.1, 0.15) is 23.7 Å². The smallest absolute Gasteiger partial charge is 0.310 e. The number of pyridine rings is 1. The van der Waals surface area contributed by atoms with Crippen molar-refractivity contribution in [1.82, 2.24) is 0 Å². The summed E-state index contributed by atoms with van der Waals surface area (Å²) in [6.45, 7) is 5.91. The molecule has 0 saturated carbocycles. The lowest BCUT2D eigenvalue weighted by molar-refractivity contribution is -0.888. The van der Waals surface area contributed by atoms with Crippen LogP contribution in [0.4, 0.5) is 0 Å². The molecule has 2 aromatic rings. The predicted molar refractivity (Wildman–Crippen MR) is 78.8 cm³/mol. The monoisotopic (exact) mass is 338 g/mol. The second-order valence-electron chi connectivity index (χ2n) is 4.69. The molecule has 1 aromatic carbocycles. The number of aryl methyl sites for hydroxylation is 2. The first-order valence-electron chi connectivity index (χ1n) is 6.44. The molecule has 0 unspecified atom stereocenters. The Morgan fingerprint density at radius 1 is 1.40 bits per heavy atom. The average molecular weight is 339 g/mol. The molecule has 1 heterocycles. The van der Waals surface area contributed by atoms with E-state index in [1.165, 1.54) is 0 Å². The Hall–Kier alpha value is -1.62. The third-order valence-electron chi connectivity index (χ3n) is 3.29. The van der Waals surface area contributed by atoms with Crippen molar-refractivity contribution >= 4 is 32.8 Å². The maximum absolute atomic E-state index is 11.7. The van der Waals surface area contributed by atoms with Crippen molar-refractivity contribution in [2.24, 2.45) is 0 Å². The Bertz CT molecular complexity index is 683. The quantitative estimate of drug-likeness (QED) is 0.532. The van der Waals surface area contributed by atoms with Crippen LogP contribution in [0.3, 0.4) is 0 Å². The number of benzene rings is 1. The van der Waals surface area contributed by atoms with Gasteiger partial charge < -0.3 is 4.74 Å². The van der Waals surface area contributed by atoms with E-state index in [4.69, 9.17) is 4.74 Å². The van der Waals surface area contributed by atoms with Crippen LogP contribution >= 0.6 is 15.9 Å². The fourth-order valence-corrected chi connectivity index (χ4v) is 2.98. The zero-order valence-corrected chi connectivity index (χ0v) is 13.3. The van der Waals surface area contributed by atoms with E-state index in [1.807, 2.05) is 32.0 Å². The van der Waals surface area contributed by atoms with Crippen LogP contribution in [0.25, 0.3) is 10.9 Å². The lowest BCUT2D eigenvalue weighted by Crippen LogP contribution is -2.34. The summed E-state index contributed by atoms with van der Waals surface area (Å²) in [6, 6.07) is 5.63. The number of esters is 1. The molecule has 0 atom stereocenters. The highest BCUT2D eigenvalue weighted by molar-refractivity contribution is 9.10. The summed E-state index contributed by atoms with van der Waals surface area (Å²) in [6.07, 6.45) is 0.218. The lowest BCUT2D eigenvalue weighted by atomic mass is 10.0. The summed E-state index contributed by atoms with van der Waals surface area (Å²) in [7, 11) is 0. The Kier molecular flexibility index (Phi) is 4.28. The number of hydrogen-bond acceptors (Lipinski definition) is 3. The van der Waals surface area contributed by atoms with E-state index in [1.54, 1.807) is 6.92 Å². The lowest BCUT2D eigenvalue weighted by Gasteiger charge is -2.10. The zero-order chi connectivity index (χ0) is 14.9. The van der Waals surface area contributed by atoms with Gasteiger partial charge >= 0.3 is 5.97 Å². The molecule has 2 rings (SSSR count). The number of fused-ring (bicyclic) bond motifs is 1. The van der Waals surface area contributed by atoms with E-state index in [2.05, 4.69) is 15.9 Å². The van der Waals surface area contributed by atoms with Gasteiger partial charge in [0, 0.05) is 28.3 Å². The highest BCUT2D eigenvalue weighted by Crippen LogP contribution is 2.29. The molecule has 0 bridgehead atoms. The van der Waals surface area contributed by atoms with Crippen molar-refractivity contribution in [1.29, 1.82) is 0 Å². The highest BCUT2D eigenvalue weighted by atomic mass is 79.9. The second-order valence-corrected chi connectivity index (χ2v) is 5.48. The van der Waals surface area contributed by atoms with Gasteiger partial charge in [0.25, 0.3) is 5.52 Å². The van der Waals surface area contributed by atoms with Crippen molar-refractivity contribution in [2.45, 2.75) is 27.2 Å². The molecule has 0 aliphatic carbocycles. The second kappa shape index (κ2) is 5.79. The van der Waals surface area contributed by atoms with E-state index in [0.29, 0.717) is 12.1 Å². The number of rotatable bonds is 3. The minimum atomic E-state index is -0.250. The minimum absolute atomic E-state index is 0.218. The molecule has 0 spiro atoms. The SMILES string of the molecule is CCOC(=O)Cc1c(C)cc2c(ccc(C)[n+]2O)c1Br. The van der Waals surface area contributed by atoms with Crippen LogP contribution in [0.15, 0.2) is 22.7 Å². The van der Waals surface area contributed by atoms with Crippen molar-refractivity contribution in [2.75, 3.05) is 6.61 Å². The molecule has 4 nitrogen and oxygen atoms in total. The van der Waals surface area contributed by atoms with Gasteiger partial charge in [-0.1, -0.05) is 0 Å². The van der Waals surface area contributed by atoms with E-state index in [9.17, 15) is 10.0 Å².